The van der Waals surface area contributed by atoms with E-state index in [1.165, 1.54) is 11.1 Å². The van der Waals surface area contributed by atoms with Crippen molar-refractivity contribution in [1.82, 2.24) is 15.3 Å². The van der Waals surface area contributed by atoms with Gasteiger partial charge in [0.2, 0.25) is 5.91 Å². The zero-order valence-corrected chi connectivity index (χ0v) is 20.3. The smallest absolute Gasteiger partial charge is 0.251 e. The van der Waals surface area contributed by atoms with Gasteiger partial charge in [0, 0.05) is 30.1 Å². The lowest BCUT2D eigenvalue weighted by Gasteiger charge is -2.14. The zero-order chi connectivity index (χ0) is 24.6. The normalized spacial score (nSPS) is 11.8. The van der Waals surface area contributed by atoms with E-state index in [0.717, 1.165) is 48.2 Å². The molecule has 0 aliphatic rings. The summed E-state index contributed by atoms with van der Waals surface area (Å²) in [5.74, 6) is 0.825. The van der Waals surface area contributed by atoms with Crippen molar-refractivity contribution in [3.8, 4) is 0 Å². The van der Waals surface area contributed by atoms with Crippen LogP contribution in [0.3, 0.4) is 0 Å². The molecule has 0 aliphatic heterocycles. The molecule has 0 radical (unpaired) electrons. The quantitative estimate of drug-likeness (QED) is 0.289. The SMILES string of the molecule is CCC(=O)Nc1ccc(CCc2nc3ccc(C(=O)N[C@@H](C)CCc4ccccc4)cc3[nH]2)cc1. The number of nitrogens with zero attached hydrogens (tertiary/aromatic N) is 1. The molecule has 3 N–H and O–H groups in total. The average molecular weight is 469 g/mol. The summed E-state index contributed by atoms with van der Waals surface area (Å²) in [5.41, 5.74) is 5.60. The number of hydrogen-bond donors (Lipinski definition) is 3. The van der Waals surface area contributed by atoms with Gasteiger partial charge in [-0.1, -0.05) is 49.4 Å². The van der Waals surface area contributed by atoms with E-state index in [4.69, 9.17) is 0 Å². The molecule has 1 heterocycles. The second-order valence-electron chi connectivity index (χ2n) is 8.91. The van der Waals surface area contributed by atoms with E-state index in [0.29, 0.717) is 12.0 Å². The van der Waals surface area contributed by atoms with Crippen molar-refractivity contribution >= 4 is 28.5 Å². The molecule has 6 heteroatoms. The monoisotopic (exact) mass is 468 g/mol. The topological polar surface area (TPSA) is 86.9 Å². The van der Waals surface area contributed by atoms with Gasteiger partial charge in [-0.2, -0.15) is 0 Å². The van der Waals surface area contributed by atoms with Crippen LogP contribution in [0, 0.1) is 0 Å². The number of carbonyl (C=O) groups excluding carboxylic acids is 2. The maximum atomic E-state index is 12.8. The van der Waals surface area contributed by atoms with Crippen LogP contribution in [0.4, 0.5) is 5.69 Å². The molecule has 180 valence electrons. The Bertz CT molecular complexity index is 1280. The molecule has 0 spiro atoms. The number of H-pyrrole nitrogens is 1. The number of benzene rings is 3. The third-order valence-corrected chi connectivity index (χ3v) is 6.09. The molecule has 0 saturated heterocycles. The molecule has 1 atom stereocenters. The molecule has 35 heavy (non-hydrogen) atoms. The summed E-state index contributed by atoms with van der Waals surface area (Å²) < 4.78 is 0. The van der Waals surface area contributed by atoms with Crippen LogP contribution in [0.2, 0.25) is 0 Å². The molecule has 0 fully saturated rings. The number of aryl methyl sites for hydroxylation is 3. The number of hydrogen-bond acceptors (Lipinski definition) is 3. The van der Waals surface area contributed by atoms with E-state index in [2.05, 4.69) is 32.7 Å². The molecule has 3 aromatic carbocycles. The van der Waals surface area contributed by atoms with Gasteiger partial charge in [-0.3, -0.25) is 9.59 Å². The van der Waals surface area contributed by atoms with Gasteiger partial charge in [-0.15, -0.1) is 0 Å². The fourth-order valence-corrected chi connectivity index (χ4v) is 4.00. The molecule has 0 unspecified atom stereocenters. The molecule has 1 aromatic heterocycles. The van der Waals surface area contributed by atoms with E-state index in [1.54, 1.807) is 0 Å². The number of nitrogens with one attached hydrogen (secondary N) is 3. The number of rotatable bonds is 10. The van der Waals surface area contributed by atoms with Crippen LogP contribution in [0.15, 0.2) is 72.8 Å². The Balaban J connectivity index is 1.32. The van der Waals surface area contributed by atoms with E-state index in [-0.39, 0.29) is 17.9 Å². The molecular formula is C29H32N4O2. The molecule has 0 saturated carbocycles. The second-order valence-corrected chi connectivity index (χ2v) is 8.91. The van der Waals surface area contributed by atoms with Crippen molar-refractivity contribution in [2.75, 3.05) is 5.32 Å². The van der Waals surface area contributed by atoms with E-state index in [9.17, 15) is 9.59 Å². The number of aromatic nitrogens is 2. The highest BCUT2D eigenvalue weighted by atomic mass is 16.2. The first-order chi connectivity index (χ1) is 17.0. The van der Waals surface area contributed by atoms with Crippen LogP contribution >= 0.6 is 0 Å². The van der Waals surface area contributed by atoms with Gasteiger partial charge in [0.1, 0.15) is 5.82 Å². The first kappa shape index (κ1) is 24.2. The Labute approximate surface area is 206 Å². The van der Waals surface area contributed by atoms with Gasteiger partial charge < -0.3 is 15.6 Å². The summed E-state index contributed by atoms with van der Waals surface area (Å²) in [6, 6.07) is 23.9. The van der Waals surface area contributed by atoms with E-state index >= 15 is 0 Å². The Morgan fingerprint density at radius 1 is 0.914 bits per heavy atom. The van der Waals surface area contributed by atoms with E-state index < -0.39 is 0 Å². The summed E-state index contributed by atoms with van der Waals surface area (Å²) in [6.45, 7) is 3.87. The van der Waals surface area contributed by atoms with Gasteiger partial charge >= 0.3 is 0 Å². The van der Waals surface area contributed by atoms with Crippen LogP contribution in [-0.4, -0.2) is 27.8 Å². The molecule has 0 bridgehead atoms. The Kier molecular flexibility index (Phi) is 7.93. The van der Waals surface area contributed by atoms with Crippen LogP contribution < -0.4 is 10.6 Å². The molecule has 2 amide bonds. The third-order valence-electron chi connectivity index (χ3n) is 6.09. The predicted molar refractivity (Wildman–Crippen MR) is 141 cm³/mol. The highest BCUT2D eigenvalue weighted by Gasteiger charge is 2.12. The van der Waals surface area contributed by atoms with Gasteiger partial charge in [0.15, 0.2) is 0 Å². The maximum Gasteiger partial charge on any atom is 0.251 e. The predicted octanol–water partition coefficient (Wildman–Crippen LogP) is 5.45. The molecule has 4 rings (SSSR count). The summed E-state index contributed by atoms with van der Waals surface area (Å²) in [5, 5.41) is 5.97. The number of amides is 2. The maximum absolute atomic E-state index is 12.8. The molecule has 6 nitrogen and oxygen atoms in total. The summed E-state index contributed by atoms with van der Waals surface area (Å²) >= 11 is 0. The van der Waals surface area contributed by atoms with Gasteiger partial charge in [0.25, 0.3) is 5.91 Å². The third kappa shape index (κ3) is 6.79. The first-order valence-corrected chi connectivity index (χ1v) is 12.2. The van der Waals surface area contributed by atoms with Crippen molar-refractivity contribution in [3.05, 3.63) is 95.3 Å². The molecule has 4 aromatic rings. The highest BCUT2D eigenvalue weighted by molar-refractivity contribution is 5.97. The van der Waals surface area contributed by atoms with Crippen LogP contribution in [0.5, 0.6) is 0 Å². The lowest BCUT2D eigenvalue weighted by Crippen LogP contribution is -2.32. The summed E-state index contributed by atoms with van der Waals surface area (Å²) in [4.78, 5) is 32.3. The Morgan fingerprint density at radius 2 is 1.66 bits per heavy atom. The van der Waals surface area contributed by atoms with Crippen LogP contribution in [0.1, 0.15) is 54.0 Å². The van der Waals surface area contributed by atoms with Crippen LogP contribution in [0.25, 0.3) is 11.0 Å². The van der Waals surface area contributed by atoms with Gasteiger partial charge in [0.05, 0.1) is 11.0 Å². The highest BCUT2D eigenvalue weighted by Crippen LogP contribution is 2.17. The molecule has 0 aliphatic carbocycles. The van der Waals surface area contributed by atoms with Crippen molar-refractivity contribution < 1.29 is 9.59 Å². The number of anilines is 1. The van der Waals surface area contributed by atoms with Gasteiger partial charge in [-0.25, -0.2) is 4.98 Å². The minimum absolute atomic E-state index is 0.00900. The van der Waals surface area contributed by atoms with Crippen molar-refractivity contribution in [3.63, 3.8) is 0 Å². The standard InChI is InChI=1S/C29H32N4O2/c1-3-28(34)31-24-15-11-22(12-16-24)13-18-27-32-25-17-14-23(19-26(25)33-27)29(35)30-20(2)9-10-21-7-5-4-6-8-21/h4-8,11-12,14-17,19-20H,3,9-10,13,18H2,1-2H3,(H,30,35)(H,31,34)(H,32,33)/t20-/m0/s1. The van der Waals surface area contributed by atoms with Crippen molar-refractivity contribution in [2.24, 2.45) is 0 Å². The first-order valence-electron chi connectivity index (χ1n) is 12.2. The van der Waals surface area contributed by atoms with Crippen molar-refractivity contribution in [1.29, 1.82) is 0 Å². The Morgan fingerprint density at radius 3 is 2.40 bits per heavy atom. The van der Waals surface area contributed by atoms with Crippen LogP contribution in [-0.2, 0) is 24.1 Å². The number of carbonyl (C=O) groups is 2. The average Bonchev–Trinajstić information content (AvgIpc) is 3.30. The van der Waals surface area contributed by atoms with Crippen molar-refractivity contribution in [2.45, 2.75) is 52.0 Å². The lowest BCUT2D eigenvalue weighted by molar-refractivity contribution is -0.115. The molecular weight excluding hydrogens is 436 g/mol. The fourth-order valence-electron chi connectivity index (χ4n) is 4.00. The van der Waals surface area contributed by atoms with E-state index in [1.807, 2.05) is 74.5 Å². The largest absolute Gasteiger partial charge is 0.350 e. The lowest BCUT2D eigenvalue weighted by atomic mass is 10.1. The number of fused-ring (bicyclic) bond motifs is 1. The number of aromatic amines is 1. The zero-order valence-electron chi connectivity index (χ0n) is 20.3. The summed E-state index contributed by atoms with van der Waals surface area (Å²) in [6.07, 6.45) is 3.87. The van der Waals surface area contributed by atoms with Gasteiger partial charge in [-0.05, 0) is 67.6 Å². The fraction of sp³-hybridized carbons (Fsp3) is 0.276. The minimum Gasteiger partial charge on any atom is -0.350 e. The Hall–Kier alpha value is -3.93. The minimum atomic E-state index is -0.0705. The summed E-state index contributed by atoms with van der Waals surface area (Å²) in [7, 11) is 0. The second kappa shape index (κ2) is 11.5. The number of imidazole rings is 1.